The van der Waals surface area contributed by atoms with Crippen LogP contribution in [0.15, 0.2) is 23.1 Å². The lowest BCUT2D eigenvalue weighted by molar-refractivity contribution is 0.0472. The van der Waals surface area contributed by atoms with Crippen LogP contribution in [0.25, 0.3) is 0 Å². The molecule has 1 aromatic carbocycles. The number of carbonyl (C=O) groups excluding carboxylic acids is 3. The van der Waals surface area contributed by atoms with Gasteiger partial charge in [-0.1, -0.05) is 11.6 Å². The highest BCUT2D eigenvalue weighted by Gasteiger charge is 2.24. The molecule has 0 saturated heterocycles. The van der Waals surface area contributed by atoms with Crippen LogP contribution in [0, 0.1) is 13.8 Å². The number of ketones is 1. The Kier molecular flexibility index (Phi) is 7.40. The zero-order valence-electron chi connectivity index (χ0n) is 16.8. The van der Waals surface area contributed by atoms with Gasteiger partial charge in [0.05, 0.1) is 28.5 Å². The molecule has 11 heteroatoms. The molecule has 0 aliphatic heterocycles. The molecule has 30 heavy (non-hydrogen) atoms. The molecule has 1 heterocycles. The summed E-state index contributed by atoms with van der Waals surface area (Å²) in [6.45, 7) is 4.46. The van der Waals surface area contributed by atoms with Gasteiger partial charge in [-0.3, -0.25) is 4.79 Å². The Morgan fingerprint density at radius 1 is 1.13 bits per heavy atom. The van der Waals surface area contributed by atoms with Gasteiger partial charge in [-0.2, -0.15) is 0 Å². The molecule has 2 aromatic rings. The first-order valence-corrected chi connectivity index (χ1v) is 10.7. The lowest BCUT2D eigenvalue weighted by Crippen LogP contribution is -2.20. The highest BCUT2D eigenvalue weighted by molar-refractivity contribution is 7.89. The fraction of sp³-hybridized carbons (Fsp3) is 0.316. The second kappa shape index (κ2) is 9.41. The number of hydrogen-bond acceptors (Lipinski definition) is 7. The maximum absolute atomic E-state index is 12.5. The number of Topliss-reactive ketones (excluding diaryl/α,β-unsaturated/α-hetero) is 1. The molecule has 1 aromatic heterocycles. The Morgan fingerprint density at radius 2 is 1.80 bits per heavy atom. The molecule has 0 bridgehead atoms. The normalized spacial score (nSPS) is 11.2. The highest BCUT2D eigenvalue weighted by atomic mass is 35.5. The predicted molar refractivity (Wildman–Crippen MR) is 109 cm³/mol. The molecule has 2 N–H and O–H groups in total. The predicted octanol–water partition coefficient (Wildman–Crippen LogP) is 2.41. The van der Waals surface area contributed by atoms with Crippen molar-refractivity contribution < 1.29 is 32.3 Å². The number of benzene rings is 1. The van der Waals surface area contributed by atoms with E-state index in [1.807, 2.05) is 0 Å². The van der Waals surface area contributed by atoms with Crippen molar-refractivity contribution in [2.75, 3.05) is 20.3 Å². The van der Waals surface area contributed by atoms with E-state index in [0.29, 0.717) is 11.3 Å². The number of H-pyrrole nitrogens is 1. The largest absolute Gasteiger partial charge is 0.462 e. The third-order valence-electron chi connectivity index (χ3n) is 4.26. The van der Waals surface area contributed by atoms with E-state index in [1.54, 1.807) is 20.8 Å². The Bertz CT molecular complexity index is 1110. The van der Waals surface area contributed by atoms with Crippen LogP contribution in [-0.2, 0) is 19.5 Å². The molecule has 0 atom stereocenters. The van der Waals surface area contributed by atoms with E-state index in [0.717, 1.165) is 6.07 Å². The Hall–Kier alpha value is -2.69. The summed E-state index contributed by atoms with van der Waals surface area (Å²) in [5.41, 5.74) is 1.14. The monoisotopic (exact) mass is 456 g/mol. The first-order chi connectivity index (χ1) is 14.0. The van der Waals surface area contributed by atoms with E-state index >= 15 is 0 Å². The first-order valence-electron chi connectivity index (χ1n) is 8.83. The topological polar surface area (TPSA) is 132 Å². The quantitative estimate of drug-likeness (QED) is 0.460. The number of aromatic amines is 1. The van der Waals surface area contributed by atoms with Gasteiger partial charge in [0.15, 0.2) is 6.61 Å². The first kappa shape index (κ1) is 23.6. The van der Waals surface area contributed by atoms with Gasteiger partial charge in [0.2, 0.25) is 15.8 Å². The minimum Gasteiger partial charge on any atom is -0.462 e. The number of aromatic nitrogens is 1. The van der Waals surface area contributed by atoms with Crippen molar-refractivity contribution >= 4 is 39.3 Å². The maximum atomic E-state index is 12.5. The van der Waals surface area contributed by atoms with Crippen LogP contribution in [0.2, 0.25) is 5.02 Å². The van der Waals surface area contributed by atoms with Gasteiger partial charge in [0, 0.05) is 5.69 Å². The molecule has 0 unspecified atom stereocenters. The molecule has 162 valence electrons. The van der Waals surface area contributed by atoms with Crippen LogP contribution >= 0.6 is 11.6 Å². The molecule has 0 saturated carbocycles. The van der Waals surface area contributed by atoms with Crippen molar-refractivity contribution in [3.05, 3.63) is 51.3 Å². The molecule has 0 aliphatic carbocycles. The number of hydrogen-bond donors (Lipinski definition) is 2. The van der Waals surface area contributed by atoms with Crippen LogP contribution in [0.3, 0.4) is 0 Å². The number of carbonyl (C=O) groups is 3. The fourth-order valence-electron chi connectivity index (χ4n) is 2.77. The second-order valence-electron chi connectivity index (χ2n) is 6.20. The number of nitrogens with one attached hydrogen (secondary N) is 2. The molecule has 2 rings (SSSR count). The van der Waals surface area contributed by atoms with Crippen LogP contribution < -0.4 is 4.72 Å². The number of esters is 2. The summed E-state index contributed by atoms with van der Waals surface area (Å²) in [4.78, 5) is 39.3. The molecule has 0 fully saturated rings. The van der Waals surface area contributed by atoms with Gasteiger partial charge in [0.25, 0.3) is 0 Å². The van der Waals surface area contributed by atoms with Crippen LogP contribution in [-0.4, -0.2) is 51.4 Å². The van der Waals surface area contributed by atoms with Gasteiger partial charge < -0.3 is 14.5 Å². The van der Waals surface area contributed by atoms with Crippen molar-refractivity contribution in [1.82, 2.24) is 9.71 Å². The fourth-order valence-corrected chi connectivity index (χ4v) is 4.02. The van der Waals surface area contributed by atoms with Crippen LogP contribution in [0.5, 0.6) is 0 Å². The number of aryl methyl sites for hydroxylation is 1. The van der Waals surface area contributed by atoms with Crippen molar-refractivity contribution in [2.24, 2.45) is 0 Å². The summed E-state index contributed by atoms with van der Waals surface area (Å²) in [6.07, 6.45) is 0. The third kappa shape index (κ3) is 4.89. The molecule has 0 amide bonds. The standard InChI is InChI=1S/C19H21ClN2O7S/c1-5-28-19(25)16-10(2)17(22-11(16)3)14(23)9-29-18(24)12-6-7-13(20)15(8-12)30(26,27)21-4/h6-8,21-22H,5,9H2,1-4H3. The highest BCUT2D eigenvalue weighted by Crippen LogP contribution is 2.23. The van der Waals surface area contributed by atoms with E-state index in [9.17, 15) is 22.8 Å². The number of rotatable bonds is 8. The van der Waals surface area contributed by atoms with E-state index in [4.69, 9.17) is 21.1 Å². The smallest absolute Gasteiger partial charge is 0.340 e. The van der Waals surface area contributed by atoms with Crippen molar-refractivity contribution in [3.8, 4) is 0 Å². The summed E-state index contributed by atoms with van der Waals surface area (Å²) in [7, 11) is -2.68. The molecule has 0 spiro atoms. The van der Waals surface area contributed by atoms with Gasteiger partial charge in [-0.15, -0.1) is 0 Å². The summed E-state index contributed by atoms with van der Waals surface area (Å²) >= 11 is 5.89. The third-order valence-corrected chi connectivity index (χ3v) is 6.15. The molecule has 9 nitrogen and oxygen atoms in total. The Morgan fingerprint density at radius 3 is 2.40 bits per heavy atom. The summed E-state index contributed by atoms with van der Waals surface area (Å²) in [6, 6.07) is 3.59. The summed E-state index contributed by atoms with van der Waals surface area (Å²) in [5, 5.41) is -0.0686. The molecular formula is C19H21ClN2O7S. The minimum atomic E-state index is -3.89. The maximum Gasteiger partial charge on any atom is 0.340 e. The number of halogens is 1. The SMILES string of the molecule is CCOC(=O)c1c(C)[nH]c(C(=O)COC(=O)c2ccc(Cl)c(S(=O)(=O)NC)c2)c1C. The Labute approximate surface area is 178 Å². The van der Waals surface area contributed by atoms with Crippen molar-refractivity contribution in [2.45, 2.75) is 25.7 Å². The van der Waals surface area contributed by atoms with Crippen LogP contribution in [0.1, 0.15) is 49.4 Å². The summed E-state index contributed by atoms with van der Waals surface area (Å²) < 4.78 is 36.1. The van der Waals surface area contributed by atoms with E-state index in [-0.39, 0.29) is 33.3 Å². The zero-order chi connectivity index (χ0) is 22.6. The van der Waals surface area contributed by atoms with E-state index < -0.39 is 34.4 Å². The lowest BCUT2D eigenvalue weighted by atomic mass is 10.1. The number of ether oxygens (including phenoxy) is 2. The van der Waals surface area contributed by atoms with Gasteiger partial charge in [0.1, 0.15) is 4.90 Å². The van der Waals surface area contributed by atoms with Crippen LogP contribution in [0.4, 0.5) is 0 Å². The summed E-state index contributed by atoms with van der Waals surface area (Å²) in [5.74, 6) is -2.02. The van der Waals surface area contributed by atoms with Gasteiger partial charge in [-0.05, 0) is 51.6 Å². The van der Waals surface area contributed by atoms with Crippen molar-refractivity contribution in [3.63, 3.8) is 0 Å². The lowest BCUT2D eigenvalue weighted by Gasteiger charge is -2.08. The average molecular weight is 457 g/mol. The van der Waals surface area contributed by atoms with Crippen molar-refractivity contribution in [1.29, 1.82) is 0 Å². The van der Waals surface area contributed by atoms with Gasteiger partial charge >= 0.3 is 11.9 Å². The molecule has 0 aliphatic rings. The molecular weight excluding hydrogens is 436 g/mol. The minimum absolute atomic E-state index is 0.0686. The Balaban J connectivity index is 2.18. The molecule has 0 radical (unpaired) electrons. The zero-order valence-corrected chi connectivity index (χ0v) is 18.4. The number of sulfonamides is 1. The van der Waals surface area contributed by atoms with E-state index in [1.165, 1.54) is 19.2 Å². The second-order valence-corrected chi connectivity index (χ2v) is 8.46. The van der Waals surface area contributed by atoms with E-state index in [2.05, 4.69) is 9.71 Å². The van der Waals surface area contributed by atoms with Gasteiger partial charge in [-0.25, -0.2) is 22.7 Å². The average Bonchev–Trinajstić information content (AvgIpc) is 3.00.